The summed E-state index contributed by atoms with van der Waals surface area (Å²) in [6, 6.07) is 13.0. The Hall–Kier alpha value is -2.51. The van der Waals surface area contributed by atoms with Crippen LogP contribution in [0.15, 0.2) is 47.8 Å². The van der Waals surface area contributed by atoms with Crippen LogP contribution in [0.1, 0.15) is 29.7 Å². The lowest BCUT2D eigenvalue weighted by Crippen LogP contribution is -2.42. The highest BCUT2D eigenvalue weighted by atomic mass is 32.1. The van der Waals surface area contributed by atoms with Gasteiger partial charge >= 0.3 is 0 Å². The van der Waals surface area contributed by atoms with Crippen molar-refractivity contribution in [3.05, 3.63) is 58.3 Å². The van der Waals surface area contributed by atoms with E-state index in [4.69, 9.17) is 4.74 Å². The predicted molar refractivity (Wildman–Crippen MR) is 107 cm³/mol. The van der Waals surface area contributed by atoms with Crippen molar-refractivity contribution in [2.45, 2.75) is 31.2 Å². The quantitative estimate of drug-likeness (QED) is 0.518. The molecule has 0 radical (unpaired) electrons. The first-order chi connectivity index (χ1) is 13.6. The minimum absolute atomic E-state index is 0.00918. The predicted octanol–water partition coefficient (Wildman–Crippen LogP) is 2.49. The van der Waals surface area contributed by atoms with Gasteiger partial charge in [-0.3, -0.25) is 19.3 Å². The fourth-order valence-corrected chi connectivity index (χ4v) is 4.20. The van der Waals surface area contributed by atoms with E-state index in [1.807, 2.05) is 47.8 Å². The molecule has 3 rings (SSSR count). The van der Waals surface area contributed by atoms with E-state index in [-0.39, 0.29) is 30.6 Å². The number of hydrogen-bond donors (Lipinski definition) is 1. The van der Waals surface area contributed by atoms with Crippen LogP contribution in [0.5, 0.6) is 0 Å². The number of hydrogen-bond acceptors (Lipinski definition) is 5. The number of likely N-dealkylation sites (tertiary alicyclic amines) is 1. The lowest BCUT2D eigenvalue weighted by Gasteiger charge is -2.27. The third kappa shape index (κ3) is 4.31. The summed E-state index contributed by atoms with van der Waals surface area (Å²) in [6.45, 7) is 1.19. The molecule has 1 atom stereocenters. The Kier molecular flexibility index (Phi) is 6.59. The van der Waals surface area contributed by atoms with Crippen molar-refractivity contribution < 1.29 is 19.1 Å². The van der Waals surface area contributed by atoms with E-state index >= 15 is 0 Å². The first kappa shape index (κ1) is 20.2. The monoisotopic (exact) mass is 400 g/mol. The zero-order valence-corrected chi connectivity index (χ0v) is 16.7. The number of ether oxygens (including phenoxy) is 1. The minimum atomic E-state index is -1.15. The third-order valence-corrected chi connectivity index (χ3v) is 5.84. The van der Waals surface area contributed by atoms with Crippen molar-refractivity contribution in [2.75, 3.05) is 20.3 Å². The van der Waals surface area contributed by atoms with E-state index in [0.29, 0.717) is 31.7 Å². The number of imide groups is 1. The summed E-state index contributed by atoms with van der Waals surface area (Å²) in [6.07, 6.45) is 0.534. The van der Waals surface area contributed by atoms with Gasteiger partial charge in [0.25, 0.3) is 0 Å². The van der Waals surface area contributed by atoms with Gasteiger partial charge in [0, 0.05) is 38.0 Å². The second kappa shape index (κ2) is 9.12. The van der Waals surface area contributed by atoms with Gasteiger partial charge in [-0.1, -0.05) is 36.4 Å². The number of carbonyl (C=O) groups excluding carboxylic acids is 3. The number of nitrogens with zero attached hydrogens (tertiary/aromatic N) is 1. The van der Waals surface area contributed by atoms with E-state index in [2.05, 4.69) is 5.32 Å². The highest BCUT2D eigenvalue weighted by Gasteiger charge is 2.53. The van der Waals surface area contributed by atoms with Crippen LogP contribution in [0, 0.1) is 0 Å². The average Bonchev–Trinajstić information content (AvgIpc) is 3.30. The van der Waals surface area contributed by atoms with Gasteiger partial charge in [0.1, 0.15) is 0 Å². The standard InChI is InChI=1S/C21H24N2O4S/c1-27-11-6-10-23-19(25)14-21(20(23)26,16-7-3-2-4-8-16)13-18(24)22-15-17-9-5-12-28-17/h2-5,7-9,12H,6,10-11,13-15H2,1H3,(H,22,24)/t21-/m1/s1. The van der Waals surface area contributed by atoms with Gasteiger partial charge in [-0.25, -0.2) is 0 Å². The first-order valence-electron chi connectivity index (χ1n) is 9.25. The molecule has 148 valence electrons. The lowest BCUT2D eigenvalue weighted by molar-refractivity contribution is -0.141. The molecule has 0 aliphatic carbocycles. The molecular formula is C21H24N2O4S. The summed E-state index contributed by atoms with van der Waals surface area (Å²) in [5, 5.41) is 4.83. The maximum absolute atomic E-state index is 13.3. The van der Waals surface area contributed by atoms with Gasteiger partial charge in [-0.15, -0.1) is 11.3 Å². The van der Waals surface area contributed by atoms with Gasteiger partial charge in [0.15, 0.2) is 0 Å². The molecule has 3 amide bonds. The molecule has 6 nitrogen and oxygen atoms in total. The maximum atomic E-state index is 13.3. The van der Waals surface area contributed by atoms with Gasteiger partial charge < -0.3 is 10.1 Å². The van der Waals surface area contributed by atoms with Crippen molar-refractivity contribution in [3.63, 3.8) is 0 Å². The highest BCUT2D eigenvalue weighted by molar-refractivity contribution is 7.09. The van der Waals surface area contributed by atoms with Crippen LogP contribution in [0.4, 0.5) is 0 Å². The van der Waals surface area contributed by atoms with Crippen LogP contribution in [0.25, 0.3) is 0 Å². The Labute approximate surface area is 168 Å². The minimum Gasteiger partial charge on any atom is -0.385 e. The van der Waals surface area contributed by atoms with Crippen molar-refractivity contribution in [1.29, 1.82) is 0 Å². The topological polar surface area (TPSA) is 75.7 Å². The smallest absolute Gasteiger partial charge is 0.240 e. The molecule has 0 unspecified atom stereocenters. The van der Waals surface area contributed by atoms with Gasteiger partial charge in [-0.2, -0.15) is 0 Å². The summed E-state index contributed by atoms with van der Waals surface area (Å²) >= 11 is 1.56. The Morgan fingerprint density at radius 1 is 1.21 bits per heavy atom. The second-order valence-corrected chi connectivity index (χ2v) is 7.89. The fraction of sp³-hybridized carbons (Fsp3) is 0.381. The molecule has 1 N–H and O–H groups in total. The zero-order chi connectivity index (χ0) is 20.0. The van der Waals surface area contributed by atoms with Crippen LogP contribution in [-0.2, 0) is 31.1 Å². The number of benzene rings is 1. The Bertz CT molecular complexity index is 822. The Morgan fingerprint density at radius 2 is 2.00 bits per heavy atom. The average molecular weight is 401 g/mol. The second-order valence-electron chi connectivity index (χ2n) is 6.85. The summed E-state index contributed by atoms with van der Waals surface area (Å²) < 4.78 is 5.03. The molecule has 7 heteroatoms. The molecule has 0 saturated carbocycles. The van der Waals surface area contributed by atoms with Crippen molar-refractivity contribution in [1.82, 2.24) is 10.2 Å². The number of thiophene rings is 1. The molecule has 1 fully saturated rings. The highest BCUT2D eigenvalue weighted by Crippen LogP contribution is 2.39. The zero-order valence-electron chi connectivity index (χ0n) is 15.8. The van der Waals surface area contributed by atoms with Crippen molar-refractivity contribution in [2.24, 2.45) is 0 Å². The van der Waals surface area contributed by atoms with Crippen molar-refractivity contribution >= 4 is 29.1 Å². The molecule has 1 aliphatic rings. The van der Waals surface area contributed by atoms with Crippen molar-refractivity contribution in [3.8, 4) is 0 Å². The number of rotatable bonds is 9. The molecule has 0 spiro atoms. The van der Waals surface area contributed by atoms with Crippen LogP contribution in [-0.4, -0.2) is 42.9 Å². The number of amides is 3. The molecule has 2 aromatic rings. The van der Waals surface area contributed by atoms with E-state index in [1.54, 1.807) is 18.4 Å². The fourth-order valence-electron chi connectivity index (χ4n) is 3.55. The van der Waals surface area contributed by atoms with Crippen LogP contribution in [0.3, 0.4) is 0 Å². The molecule has 0 bridgehead atoms. The lowest BCUT2D eigenvalue weighted by atomic mass is 9.75. The summed E-state index contributed by atoms with van der Waals surface area (Å²) in [7, 11) is 1.58. The van der Waals surface area contributed by atoms with E-state index < -0.39 is 5.41 Å². The molecule has 1 aromatic heterocycles. The SMILES string of the molecule is COCCCN1C(=O)C[C@](CC(=O)NCc2cccs2)(c2ccccc2)C1=O. The molecule has 28 heavy (non-hydrogen) atoms. The largest absolute Gasteiger partial charge is 0.385 e. The number of carbonyl (C=O) groups is 3. The molecule has 2 heterocycles. The van der Waals surface area contributed by atoms with Crippen LogP contribution in [0.2, 0.25) is 0 Å². The summed E-state index contributed by atoms with van der Waals surface area (Å²) in [5.41, 5.74) is -0.445. The Morgan fingerprint density at radius 3 is 2.68 bits per heavy atom. The van der Waals surface area contributed by atoms with Gasteiger partial charge in [0.2, 0.25) is 17.7 Å². The number of nitrogens with one attached hydrogen (secondary N) is 1. The van der Waals surface area contributed by atoms with E-state index in [0.717, 1.165) is 4.88 Å². The van der Waals surface area contributed by atoms with Gasteiger partial charge in [0.05, 0.1) is 12.0 Å². The molecular weight excluding hydrogens is 376 g/mol. The van der Waals surface area contributed by atoms with Crippen LogP contribution >= 0.6 is 11.3 Å². The normalized spacial score (nSPS) is 19.2. The van der Waals surface area contributed by atoms with Gasteiger partial charge in [-0.05, 0) is 23.4 Å². The molecule has 1 aromatic carbocycles. The molecule has 1 aliphatic heterocycles. The number of methoxy groups -OCH3 is 1. The maximum Gasteiger partial charge on any atom is 0.240 e. The molecule has 1 saturated heterocycles. The van der Waals surface area contributed by atoms with E-state index in [1.165, 1.54) is 4.90 Å². The summed E-state index contributed by atoms with van der Waals surface area (Å²) in [5.74, 6) is -0.778. The Balaban J connectivity index is 1.80. The van der Waals surface area contributed by atoms with E-state index in [9.17, 15) is 14.4 Å². The first-order valence-corrected chi connectivity index (χ1v) is 10.1. The summed E-state index contributed by atoms with van der Waals surface area (Å²) in [4.78, 5) is 40.9. The van der Waals surface area contributed by atoms with Crippen LogP contribution < -0.4 is 5.32 Å². The third-order valence-electron chi connectivity index (χ3n) is 4.97.